The molecule has 2 heterocycles. The van der Waals surface area contributed by atoms with E-state index in [-0.39, 0.29) is 11.3 Å². The van der Waals surface area contributed by atoms with Gasteiger partial charge in [0.1, 0.15) is 0 Å². The molecule has 0 atom stereocenters. The smallest absolute Gasteiger partial charge is 0.322 e. The van der Waals surface area contributed by atoms with Crippen LogP contribution >= 0.6 is 22.9 Å². The minimum Gasteiger partial charge on any atom is -0.467 e. The molecule has 5 nitrogen and oxygen atoms in total. The number of rotatable bonds is 4. The monoisotopic (exact) mass is 256 g/mol. The average molecular weight is 257 g/mol. The number of halogens is 1. The van der Waals surface area contributed by atoms with Gasteiger partial charge in [-0.15, -0.1) is 11.3 Å². The zero-order valence-electron chi connectivity index (χ0n) is 8.48. The number of hydrogen-bond acceptors (Lipinski definition) is 6. The van der Waals surface area contributed by atoms with Gasteiger partial charge in [0.2, 0.25) is 11.2 Å². The van der Waals surface area contributed by atoms with Crippen molar-refractivity contribution >= 4 is 28.9 Å². The van der Waals surface area contributed by atoms with E-state index in [0.717, 1.165) is 0 Å². The minimum absolute atomic E-state index is 0.112. The third kappa shape index (κ3) is 2.80. The summed E-state index contributed by atoms with van der Waals surface area (Å²) in [6, 6.07) is 4.22. The molecular formula is C9H9ClN4OS. The summed E-state index contributed by atoms with van der Waals surface area (Å²) in [6.45, 7) is 0.654. The molecule has 0 fully saturated rings. The summed E-state index contributed by atoms with van der Waals surface area (Å²) in [7, 11) is 1.48. The fourth-order valence-corrected chi connectivity index (χ4v) is 1.88. The highest BCUT2D eigenvalue weighted by Crippen LogP contribution is 2.13. The van der Waals surface area contributed by atoms with Crippen molar-refractivity contribution < 1.29 is 4.74 Å². The Morgan fingerprint density at radius 2 is 2.31 bits per heavy atom. The largest absolute Gasteiger partial charge is 0.467 e. The molecule has 16 heavy (non-hydrogen) atoms. The number of thiophene rings is 1. The first-order valence-electron chi connectivity index (χ1n) is 4.50. The van der Waals surface area contributed by atoms with E-state index in [4.69, 9.17) is 16.3 Å². The van der Waals surface area contributed by atoms with Gasteiger partial charge in [0, 0.05) is 4.88 Å². The molecule has 0 saturated heterocycles. The van der Waals surface area contributed by atoms with E-state index in [2.05, 4.69) is 20.3 Å². The first-order chi connectivity index (χ1) is 7.78. The fourth-order valence-electron chi connectivity index (χ4n) is 1.08. The van der Waals surface area contributed by atoms with Gasteiger partial charge in [0.25, 0.3) is 0 Å². The second-order valence-electron chi connectivity index (χ2n) is 2.85. The van der Waals surface area contributed by atoms with E-state index in [0.29, 0.717) is 12.5 Å². The molecule has 2 rings (SSSR count). The summed E-state index contributed by atoms with van der Waals surface area (Å²) >= 11 is 7.37. The SMILES string of the molecule is COc1nc(Cl)nc(NCc2cccs2)n1. The summed E-state index contributed by atoms with van der Waals surface area (Å²) in [5, 5.41) is 5.17. The predicted octanol–water partition coefficient (Wildman–Crippen LogP) is 2.21. The first-order valence-corrected chi connectivity index (χ1v) is 5.75. The molecule has 0 aliphatic heterocycles. The van der Waals surface area contributed by atoms with Gasteiger partial charge in [-0.1, -0.05) is 6.07 Å². The molecule has 84 valence electrons. The lowest BCUT2D eigenvalue weighted by molar-refractivity contribution is 0.379. The van der Waals surface area contributed by atoms with Gasteiger partial charge in [-0.25, -0.2) is 0 Å². The third-order valence-electron chi connectivity index (χ3n) is 1.77. The number of nitrogens with one attached hydrogen (secondary N) is 1. The number of nitrogens with zero attached hydrogens (tertiary/aromatic N) is 3. The molecule has 0 aliphatic carbocycles. The summed E-state index contributed by atoms with van der Waals surface area (Å²) in [4.78, 5) is 12.9. The van der Waals surface area contributed by atoms with Crippen LogP contribution in [0.5, 0.6) is 6.01 Å². The number of ether oxygens (including phenoxy) is 1. The van der Waals surface area contributed by atoms with E-state index in [9.17, 15) is 0 Å². The third-order valence-corrected chi connectivity index (χ3v) is 2.82. The molecular weight excluding hydrogens is 248 g/mol. The summed E-state index contributed by atoms with van der Waals surface area (Å²) < 4.78 is 4.89. The molecule has 7 heteroatoms. The summed E-state index contributed by atoms with van der Waals surface area (Å²) in [6.07, 6.45) is 0. The zero-order valence-corrected chi connectivity index (χ0v) is 10.0. The van der Waals surface area contributed by atoms with E-state index < -0.39 is 0 Å². The molecule has 0 unspecified atom stereocenters. The Morgan fingerprint density at radius 3 is 3.00 bits per heavy atom. The van der Waals surface area contributed by atoms with E-state index in [1.54, 1.807) is 11.3 Å². The molecule has 1 N–H and O–H groups in total. The Morgan fingerprint density at radius 1 is 1.44 bits per heavy atom. The molecule has 0 radical (unpaired) electrons. The number of anilines is 1. The van der Waals surface area contributed by atoms with Crippen LogP contribution in [0, 0.1) is 0 Å². The normalized spacial score (nSPS) is 10.1. The quantitative estimate of drug-likeness (QED) is 0.909. The molecule has 0 bridgehead atoms. The molecule has 2 aromatic rings. The van der Waals surface area contributed by atoms with Crippen LogP contribution < -0.4 is 10.1 Å². The van der Waals surface area contributed by atoms with Crippen LogP contribution in [0.2, 0.25) is 5.28 Å². The molecule has 0 spiro atoms. The van der Waals surface area contributed by atoms with Crippen LogP contribution in [0.1, 0.15) is 4.88 Å². The number of methoxy groups -OCH3 is 1. The first kappa shape index (κ1) is 11.1. The predicted molar refractivity (Wildman–Crippen MR) is 63.0 cm³/mol. The summed E-state index contributed by atoms with van der Waals surface area (Å²) in [5.41, 5.74) is 0. The van der Waals surface area contributed by atoms with E-state index in [1.165, 1.54) is 12.0 Å². The molecule has 0 aliphatic rings. The van der Waals surface area contributed by atoms with Crippen molar-refractivity contribution in [3.05, 3.63) is 27.7 Å². The summed E-state index contributed by atoms with van der Waals surface area (Å²) in [5.74, 6) is 0.408. The van der Waals surface area contributed by atoms with Crippen molar-refractivity contribution in [2.75, 3.05) is 12.4 Å². The Labute approximate surface area is 101 Å². The lowest BCUT2D eigenvalue weighted by Gasteiger charge is -2.04. The molecule has 0 aromatic carbocycles. The van der Waals surface area contributed by atoms with Gasteiger partial charge in [-0.05, 0) is 23.0 Å². The Kier molecular flexibility index (Phi) is 3.53. The van der Waals surface area contributed by atoms with Crippen LogP contribution in [0.15, 0.2) is 17.5 Å². The van der Waals surface area contributed by atoms with Crippen LogP contribution in [0.25, 0.3) is 0 Å². The lowest BCUT2D eigenvalue weighted by atomic mass is 10.5. The van der Waals surface area contributed by atoms with Gasteiger partial charge >= 0.3 is 6.01 Å². The van der Waals surface area contributed by atoms with Gasteiger partial charge in [-0.2, -0.15) is 15.0 Å². The van der Waals surface area contributed by atoms with E-state index >= 15 is 0 Å². The van der Waals surface area contributed by atoms with Crippen molar-refractivity contribution in [3.8, 4) is 6.01 Å². The maximum absolute atomic E-state index is 5.71. The maximum Gasteiger partial charge on any atom is 0.322 e. The van der Waals surface area contributed by atoms with E-state index in [1.807, 2.05) is 17.5 Å². The standard InChI is InChI=1S/C9H9ClN4OS/c1-15-9-13-7(10)12-8(14-9)11-5-6-3-2-4-16-6/h2-4H,5H2,1H3,(H,11,12,13,14). The van der Waals surface area contributed by atoms with Crippen molar-refractivity contribution in [1.29, 1.82) is 0 Å². The number of aromatic nitrogens is 3. The highest BCUT2D eigenvalue weighted by atomic mass is 35.5. The fraction of sp³-hybridized carbons (Fsp3) is 0.222. The van der Waals surface area contributed by atoms with Crippen molar-refractivity contribution in [1.82, 2.24) is 15.0 Å². The van der Waals surface area contributed by atoms with Gasteiger partial charge < -0.3 is 10.1 Å². The Balaban J connectivity index is 2.06. The van der Waals surface area contributed by atoms with Crippen LogP contribution in [-0.4, -0.2) is 22.1 Å². The van der Waals surface area contributed by atoms with Crippen molar-refractivity contribution in [2.45, 2.75) is 6.54 Å². The highest BCUT2D eigenvalue weighted by molar-refractivity contribution is 7.09. The molecule has 0 amide bonds. The topological polar surface area (TPSA) is 59.9 Å². The Hall–Kier alpha value is -1.40. The van der Waals surface area contributed by atoms with Gasteiger partial charge in [-0.3, -0.25) is 0 Å². The molecule has 0 saturated carbocycles. The minimum atomic E-state index is 0.112. The number of hydrogen-bond donors (Lipinski definition) is 1. The Bertz CT molecular complexity index is 463. The van der Waals surface area contributed by atoms with Crippen molar-refractivity contribution in [3.63, 3.8) is 0 Å². The van der Waals surface area contributed by atoms with Gasteiger partial charge in [0.15, 0.2) is 0 Å². The average Bonchev–Trinajstić information content (AvgIpc) is 2.78. The maximum atomic E-state index is 5.71. The lowest BCUT2D eigenvalue weighted by Crippen LogP contribution is -2.05. The zero-order chi connectivity index (χ0) is 11.4. The highest BCUT2D eigenvalue weighted by Gasteiger charge is 2.04. The van der Waals surface area contributed by atoms with Crippen molar-refractivity contribution in [2.24, 2.45) is 0 Å². The van der Waals surface area contributed by atoms with Crippen LogP contribution in [-0.2, 0) is 6.54 Å². The second-order valence-corrected chi connectivity index (χ2v) is 4.22. The van der Waals surface area contributed by atoms with Crippen LogP contribution in [0.3, 0.4) is 0 Å². The van der Waals surface area contributed by atoms with Crippen LogP contribution in [0.4, 0.5) is 5.95 Å². The van der Waals surface area contributed by atoms with Gasteiger partial charge in [0.05, 0.1) is 13.7 Å². The molecule has 2 aromatic heterocycles. The second kappa shape index (κ2) is 5.09.